The minimum Gasteiger partial charge on any atom is -0.491 e. The predicted molar refractivity (Wildman–Crippen MR) is 392 cm³/mol. The van der Waals surface area contributed by atoms with Gasteiger partial charge in [0.05, 0.1) is 22.6 Å². The molecular formula is C75H98N2O5S7. The number of unbranched alkanes of at least 4 members (excludes halogenated alkanes) is 14. The van der Waals surface area contributed by atoms with Crippen molar-refractivity contribution < 1.29 is 23.9 Å². The first-order valence-corrected chi connectivity index (χ1v) is 40.0. The van der Waals surface area contributed by atoms with Gasteiger partial charge in [-0.25, -0.2) is 4.79 Å². The van der Waals surface area contributed by atoms with E-state index in [-0.39, 0.29) is 5.57 Å². The number of carbonyl (C=O) groups is 3. The second-order valence-electron chi connectivity index (χ2n) is 24.7. The summed E-state index contributed by atoms with van der Waals surface area (Å²) in [7, 11) is 0. The van der Waals surface area contributed by atoms with Crippen molar-refractivity contribution in [2.24, 2.45) is 11.8 Å². The van der Waals surface area contributed by atoms with Gasteiger partial charge in [-0.05, 0) is 158 Å². The molecule has 2 unspecified atom stereocenters. The van der Waals surface area contributed by atoms with Gasteiger partial charge in [-0.2, -0.15) is 0 Å². The summed E-state index contributed by atoms with van der Waals surface area (Å²) in [5, 5.41) is 9.08. The number of carbonyl (C=O) groups excluding carboxylic acids is 3. The Hall–Kier alpha value is -4.41. The first-order valence-electron chi connectivity index (χ1n) is 34.3. The zero-order valence-electron chi connectivity index (χ0n) is 54.5. The number of ether oxygens (including phenoxy) is 2. The summed E-state index contributed by atoms with van der Waals surface area (Å²) >= 11 is 13.3. The van der Waals surface area contributed by atoms with Crippen LogP contribution in [0.15, 0.2) is 59.5 Å². The molecule has 2 N–H and O–H groups in total. The fourth-order valence-corrected chi connectivity index (χ4v) is 20.8. The van der Waals surface area contributed by atoms with Gasteiger partial charge in [0.2, 0.25) is 0 Å². The number of thiophene rings is 7. The van der Waals surface area contributed by atoms with Gasteiger partial charge in [-0.3, -0.25) is 20.2 Å². The third-order valence-electron chi connectivity index (χ3n) is 17.7. The Balaban J connectivity index is 1.14. The maximum atomic E-state index is 12.8. The molecule has 0 bridgehead atoms. The van der Waals surface area contributed by atoms with Crippen molar-refractivity contribution in [3.63, 3.8) is 0 Å². The van der Waals surface area contributed by atoms with Crippen LogP contribution in [0.4, 0.5) is 4.79 Å². The van der Waals surface area contributed by atoms with E-state index in [4.69, 9.17) is 9.47 Å². The van der Waals surface area contributed by atoms with E-state index in [2.05, 4.69) is 114 Å². The lowest BCUT2D eigenvalue weighted by molar-refractivity contribution is -0.123. The van der Waals surface area contributed by atoms with Crippen LogP contribution < -0.4 is 20.1 Å². The molecule has 0 spiro atoms. The molecule has 89 heavy (non-hydrogen) atoms. The highest BCUT2D eigenvalue weighted by Crippen LogP contribution is 2.55. The van der Waals surface area contributed by atoms with E-state index in [1.807, 2.05) is 62.8 Å². The summed E-state index contributed by atoms with van der Waals surface area (Å²) in [5.74, 6) is 1.80. The number of imide groups is 2. The smallest absolute Gasteiger partial charge is 0.328 e. The number of nitrogens with one attached hydrogen (secondary N) is 2. The molecule has 1 aromatic carbocycles. The number of barbiturate groups is 1. The monoisotopic (exact) mass is 1330 g/mol. The van der Waals surface area contributed by atoms with Crippen molar-refractivity contribution in [3.05, 3.63) is 86.6 Å². The van der Waals surface area contributed by atoms with E-state index in [0.717, 1.165) is 79.4 Å². The van der Waals surface area contributed by atoms with E-state index in [9.17, 15) is 14.4 Å². The second-order valence-corrected chi connectivity index (χ2v) is 32.0. The molecule has 0 saturated carbocycles. The third-order valence-corrected chi connectivity index (χ3v) is 26.4. The Bertz CT molecular complexity index is 3500. The molecular weight excluding hydrogens is 1230 g/mol. The van der Waals surface area contributed by atoms with Crippen molar-refractivity contribution in [2.45, 2.75) is 235 Å². The second kappa shape index (κ2) is 35.0. The Morgan fingerprint density at radius 2 is 0.831 bits per heavy atom. The molecule has 14 heteroatoms. The van der Waals surface area contributed by atoms with Crippen molar-refractivity contribution >= 4 is 123 Å². The average molecular weight is 1330 g/mol. The fourth-order valence-electron chi connectivity index (χ4n) is 12.3. The molecule has 7 aromatic heterocycles. The van der Waals surface area contributed by atoms with Gasteiger partial charge >= 0.3 is 6.03 Å². The van der Waals surface area contributed by atoms with Gasteiger partial charge in [0.15, 0.2) is 0 Å². The highest BCUT2D eigenvalue weighted by atomic mass is 32.1. The van der Waals surface area contributed by atoms with E-state index in [1.165, 1.54) is 221 Å². The maximum absolute atomic E-state index is 12.8. The van der Waals surface area contributed by atoms with Crippen LogP contribution in [0.5, 0.6) is 11.5 Å². The van der Waals surface area contributed by atoms with Gasteiger partial charge < -0.3 is 9.47 Å². The summed E-state index contributed by atoms with van der Waals surface area (Å²) < 4.78 is 16.7. The van der Waals surface area contributed by atoms with Crippen molar-refractivity contribution in [1.29, 1.82) is 0 Å². The number of rotatable bonds is 40. The number of amides is 4. The maximum Gasteiger partial charge on any atom is 0.328 e. The first kappa shape index (κ1) is 68.9. The van der Waals surface area contributed by atoms with Crippen molar-refractivity contribution in [3.8, 4) is 60.3 Å². The number of urea groups is 1. The van der Waals surface area contributed by atoms with Crippen LogP contribution in [0.3, 0.4) is 0 Å². The zero-order chi connectivity index (χ0) is 62.7. The van der Waals surface area contributed by atoms with Crippen LogP contribution in [0.25, 0.3) is 75.0 Å². The van der Waals surface area contributed by atoms with E-state index in [0.29, 0.717) is 11.8 Å². The molecule has 9 rings (SSSR count). The molecule has 8 heterocycles. The topological polar surface area (TPSA) is 93.7 Å². The predicted octanol–water partition coefficient (Wildman–Crippen LogP) is 25.2. The van der Waals surface area contributed by atoms with Gasteiger partial charge in [-0.15, -0.1) is 79.4 Å². The number of benzene rings is 1. The minimum atomic E-state index is -0.786. The number of hydrogen-bond donors (Lipinski definition) is 2. The Morgan fingerprint density at radius 3 is 1.28 bits per heavy atom. The molecule has 1 saturated heterocycles. The van der Waals surface area contributed by atoms with Crippen LogP contribution in [-0.2, 0) is 35.3 Å². The fraction of sp³-hybridized carbons (Fsp3) is 0.533. The lowest BCUT2D eigenvalue weighted by Gasteiger charge is -2.19. The summed E-state index contributed by atoms with van der Waals surface area (Å²) in [5.41, 5.74) is 5.75. The molecule has 1 fully saturated rings. The summed E-state index contributed by atoms with van der Waals surface area (Å²) in [6, 6.07) is 18.4. The first-order chi connectivity index (χ1) is 43.5. The largest absolute Gasteiger partial charge is 0.491 e. The SMILES string of the molecule is CCCCCCc1cc(-c2cc3c(OCC(CC)CCCC)c4sccc4c(OCC(CC)CCCC)c3s2)sc1-c1cc(CCCCCC)c(-c2cc(CCCCCC)c(-c3cc(CCCCCC)c(-c4ccc(C=C5C(=O)NC(=O)NC5=O)s4)s3)s2)s1. The Kier molecular flexibility index (Phi) is 27.1. The van der Waals surface area contributed by atoms with E-state index >= 15 is 0 Å². The molecule has 8 aromatic rings. The standard InChI is InChI=1S/C75H98N2O5S7/c1-9-17-23-27-33-51-41-60(61-46-57-66(82-48-50(16-8)32-22-14-6)71-56(39-40-83-71)65(72(57)86-61)81-47-49(15-7)31-21-13-5)85-68(51)62-43-53(35-29-25-19-11-3)70(88-62)64-44-54(36-30-26-20-12-4)69(89-64)63-42-52(34-28-24-18-10-2)67(87-63)59-38-37-55(84-59)45-58-73(78)76-75(80)77-74(58)79/h37-46,49-50H,9-36,47-48H2,1-8H3,(H2,76,77,78,79,80). The molecule has 2 atom stereocenters. The summed E-state index contributed by atoms with van der Waals surface area (Å²) in [4.78, 5) is 51.7. The van der Waals surface area contributed by atoms with E-state index < -0.39 is 17.8 Å². The molecule has 480 valence electrons. The lowest BCUT2D eigenvalue weighted by atomic mass is 10.0. The van der Waals surface area contributed by atoms with Gasteiger partial charge in [0.25, 0.3) is 11.8 Å². The van der Waals surface area contributed by atoms with Crippen LogP contribution in [0.2, 0.25) is 0 Å². The van der Waals surface area contributed by atoms with Crippen LogP contribution in [-0.4, -0.2) is 31.1 Å². The molecule has 4 amide bonds. The van der Waals surface area contributed by atoms with Gasteiger partial charge in [-0.1, -0.05) is 171 Å². The summed E-state index contributed by atoms with van der Waals surface area (Å²) in [6.07, 6.45) is 34.7. The molecule has 1 aliphatic rings. The lowest BCUT2D eigenvalue weighted by Crippen LogP contribution is -2.51. The van der Waals surface area contributed by atoms with Gasteiger partial charge in [0, 0.05) is 64.4 Å². The Labute approximate surface area is 560 Å². The highest BCUT2D eigenvalue weighted by molar-refractivity contribution is 7.31. The zero-order valence-corrected chi connectivity index (χ0v) is 60.3. The van der Waals surface area contributed by atoms with Crippen LogP contribution in [0.1, 0.15) is 237 Å². The third kappa shape index (κ3) is 17.8. The Morgan fingerprint density at radius 1 is 0.416 bits per heavy atom. The summed E-state index contributed by atoms with van der Waals surface area (Å²) in [6.45, 7) is 19.9. The molecule has 0 radical (unpaired) electrons. The average Bonchev–Trinajstić information content (AvgIpc) is 1.63. The van der Waals surface area contributed by atoms with Crippen molar-refractivity contribution in [1.82, 2.24) is 10.6 Å². The van der Waals surface area contributed by atoms with Crippen LogP contribution >= 0.6 is 79.4 Å². The highest BCUT2D eigenvalue weighted by Gasteiger charge is 2.30. The molecule has 0 aliphatic carbocycles. The van der Waals surface area contributed by atoms with Gasteiger partial charge in [0.1, 0.15) is 17.1 Å². The van der Waals surface area contributed by atoms with Crippen molar-refractivity contribution in [2.75, 3.05) is 13.2 Å². The number of fused-ring (bicyclic) bond motifs is 2. The number of aryl methyl sites for hydroxylation is 4. The minimum absolute atomic E-state index is 0.0562. The number of hydrogen-bond acceptors (Lipinski definition) is 12. The molecule has 1 aliphatic heterocycles. The van der Waals surface area contributed by atoms with E-state index in [1.54, 1.807) is 28.7 Å². The van der Waals surface area contributed by atoms with Crippen LogP contribution in [0, 0.1) is 11.8 Å². The molecule has 7 nitrogen and oxygen atoms in total. The quantitative estimate of drug-likeness (QED) is 0.0227. The normalized spacial score (nSPS) is 13.5.